The van der Waals surface area contributed by atoms with Crippen molar-refractivity contribution in [3.63, 3.8) is 0 Å². The molecule has 0 rings (SSSR count). The zero-order chi connectivity index (χ0) is 21.1. The average Bonchev–Trinajstić information content (AvgIpc) is 2.64. The molecule has 0 saturated heterocycles. The summed E-state index contributed by atoms with van der Waals surface area (Å²) >= 11 is 0. The average molecular weight is 443 g/mol. The second-order valence-corrected chi connectivity index (χ2v) is 10.2. The molecule has 4 nitrogen and oxygen atoms in total. The van der Waals surface area contributed by atoms with Crippen molar-refractivity contribution in [2.45, 2.75) is 147 Å². The number of aliphatic hydroxyl groups is 1. The van der Waals surface area contributed by atoms with Crippen LogP contribution < -0.4 is 29.6 Å². The van der Waals surface area contributed by atoms with Crippen LogP contribution >= 0.6 is 0 Å². The van der Waals surface area contributed by atoms with Gasteiger partial charge in [0.25, 0.3) is 0 Å². The molecule has 0 amide bonds. The van der Waals surface area contributed by atoms with Crippen molar-refractivity contribution in [3.8, 4) is 0 Å². The molecule has 0 aliphatic carbocycles. The van der Waals surface area contributed by atoms with E-state index in [0.29, 0.717) is 12.8 Å². The predicted octanol–water partition coefficient (Wildman–Crippen LogP) is 3.72. The Morgan fingerprint density at radius 1 is 0.621 bits per heavy atom. The molecule has 29 heavy (non-hydrogen) atoms. The first-order valence-corrected chi connectivity index (χ1v) is 13.5. The fourth-order valence-corrected chi connectivity index (χ4v) is 4.73. The summed E-state index contributed by atoms with van der Waals surface area (Å²) in [5, 5.41) is 9.27. The second-order valence-electron chi connectivity index (χ2n) is 8.52. The van der Waals surface area contributed by atoms with Crippen LogP contribution in [0.1, 0.15) is 136 Å². The third-order valence-electron chi connectivity index (χ3n) is 5.74. The molecule has 2 unspecified atom stereocenters. The maximum atomic E-state index is 11.5. The summed E-state index contributed by atoms with van der Waals surface area (Å²) in [4.78, 5) is 0. The molecule has 0 aromatic carbocycles. The van der Waals surface area contributed by atoms with Crippen molar-refractivity contribution in [3.05, 3.63) is 0 Å². The van der Waals surface area contributed by atoms with Gasteiger partial charge < -0.3 is 9.66 Å². The van der Waals surface area contributed by atoms with E-state index in [1.807, 2.05) is 0 Å². The summed E-state index contributed by atoms with van der Waals surface area (Å²) in [7, 11) is -4.17. The van der Waals surface area contributed by atoms with Crippen LogP contribution in [0, 0.1) is 0 Å². The monoisotopic (exact) mass is 442 g/mol. The van der Waals surface area contributed by atoms with E-state index >= 15 is 0 Å². The van der Waals surface area contributed by atoms with Crippen molar-refractivity contribution in [1.82, 2.24) is 0 Å². The molecule has 0 fully saturated rings. The number of hydrogen-bond acceptors (Lipinski definition) is 4. The van der Waals surface area contributed by atoms with Gasteiger partial charge in [0.2, 0.25) is 0 Å². The normalized spacial score (nSPS) is 13.8. The van der Waals surface area contributed by atoms with E-state index in [2.05, 4.69) is 13.8 Å². The van der Waals surface area contributed by atoms with Crippen molar-refractivity contribution in [2.24, 2.45) is 0 Å². The molecular weight excluding hydrogens is 395 g/mol. The summed E-state index contributed by atoms with van der Waals surface area (Å²) in [6.07, 6.45) is 19.2. The molecule has 0 aromatic heterocycles. The Labute approximate surface area is 204 Å². The Kier molecular flexibility index (Phi) is 24.4. The Morgan fingerprint density at radius 2 is 0.931 bits per heavy atom. The molecule has 0 heterocycles. The molecular formula is C23H47NaO4S. The van der Waals surface area contributed by atoms with E-state index in [1.165, 1.54) is 38.5 Å². The summed E-state index contributed by atoms with van der Waals surface area (Å²) in [5.41, 5.74) is 0. The molecule has 0 aliphatic rings. The number of rotatable bonds is 21. The molecule has 0 saturated carbocycles. The van der Waals surface area contributed by atoms with E-state index in [-0.39, 0.29) is 35.7 Å². The quantitative estimate of drug-likeness (QED) is 0.167. The van der Waals surface area contributed by atoms with Gasteiger partial charge in [-0.25, -0.2) is 8.42 Å². The standard InChI is InChI=1S/C23H48O4S.Na/c1-3-5-7-9-12-16-20-23(28(25,26)27)21-17-13-10-11-15-19-22(24)18-14-8-6-4-2;/h22-24H,3-21H2,1-2H3,(H,25,26,27);/q;+1/p-1. The minimum absolute atomic E-state index is 0. The topological polar surface area (TPSA) is 77.4 Å². The number of aliphatic hydroxyl groups excluding tert-OH is 1. The molecule has 0 radical (unpaired) electrons. The van der Waals surface area contributed by atoms with Crippen LogP contribution in [0.3, 0.4) is 0 Å². The molecule has 170 valence electrons. The van der Waals surface area contributed by atoms with Crippen LogP contribution in [0.15, 0.2) is 0 Å². The van der Waals surface area contributed by atoms with Gasteiger partial charge in [-0.15, -0.1) is 0 Å². The van der Waals surface area contributed by atoms with Crippen molar-refractivity contribution in [2.75, 3.05) is 0 Å². The van der Waals surface area contributed by atoms with Crippen LogP contribution in [-0.2, 0) is 10.1 Å². The van der Waals surface area contributed by atoms with Gasteiger partial charge in [0, 0.05) is 5.25 Å². The van der Waals surface area contributed by atoms with Crippen molar-refractivity contribution >= 4 is 10.1 Å². The first-order chi connectivity index (χ1) is 13.4. The Morgan fingerprint density at radius 3 is 1.31 bits per heavy atom. The first-order valence-electron chi connectivity index (χ1n) is 12.0. The fourth-order valence-electron chi connectivity index (χ4n) is 3.82. The van der Waals surface area contributed by atoms with E-state index in [1.54, 1.807) is 0 Å². The van der Waals surface area contributed by atoms with Crippen molar-refractivity contribution < 1.29 is 47.6 Å². The molecule has 1 N–H and O–H groups in total. The van der Waals surface area contributed by atoms with Gasteiger partial charge in [0.05, 0.1) is 16.2 Å². The maximum absolute atomic E-state index is 11.5. The summed E-state index contributed by atoms with van der Waals surface area (Å²) in [6, 6.07) is 0. The van der Waals surface area contributed by atoms with E-state index in [4.69, 9.17) is 0 Å². The van der Waals surface area contributed by atoms with E-state index in [9.17, 15) is 18.1 Å². The SMILES string of the molecule is CCCCCCCCC(CCCCCCCC(O)CCCCCC)S(=O)(=O)[O-].[Na+]. The predicted molar refractivity (Wildman–Crippen MR) is 119 cm³/mol. The number of hydrogen-bond donors (Lipinski definition) is 1. The minimum Gasteiger partial charge on any atom is -0.748 e. The van der Waals surface area contributed by atoms with Crippen LogP contribution in [0.25, 0.3) is 0 Å². The third kappa shape index (κ3) is 21.9. The Balaban J connectivity index is 0. The summed E-state index contributed by atoms with van der Waals surface area (Å²) in [5.74, 6) is 0. The minimum atomic E-state index is -4.17. The molecule has 0 aromatic rings. The van der Waals surface area contributed by atoms with Crippen LogP contribution in [0.4, 0.5) is 0 Å². The van der Waals surface area contributed by atoms with Gasteiger partial charge in [-0.2, -0.15) is 0 Å². The van der Waals surface area contributed by atoms with E-state index < -0.39 is 15.4 Å². The van der Waals surface area contributed by atoms with Gasteiger partial charge in [-0.1, -0.05) is 110 Å². The molecule has 2 atom stereocenters. The first kappa shape index (κ1) is 32.1. The maximum Gasteiger partial charge on any atom is 1.00 e. The van der Waals surface area contributed by atoms with E-state index in [0.717, 1.165) is 70.6 Å². The molecule has 0 spiro atoms. The van der Waals surface area contributed by atoms with Crippen LogP contribution in [0.2, 0.25) is 0 Å². The van der Waals surface area contributed by atoms with Gasteiger partial charge >= 0.3 is 29.6 Å². The fraction of sp³-hybridized carbons (Fsp3) is 1.00. The zero-order valence-corrected chi connectivity index (χ0v) is 22.5. The third-order valence-corrected chi connectivity index (χ3v) is 7.03. The molecule has 0 bridgehead atoms. The van der Waals surface area contributed by atoms with Crippen molar-refractivity contribution in [1.29, 1.82) is 0 Å². The smallest absolute Gasteiger partial charge is 0.748 e. The summed E-state index contributed by atoms with van der Waals surface area (Å²) < 4.78 is 34.4. The Hall–Kier alpha value is 0.870. The van der Waals surface area contributed by atoms with Gasteiger partial charge in [-0.05, 0) is 25.7 Å². The van der Waals surface area contributed by atoms with Crippen LogP contribution in [0.5, 0.6) is 0 Å². The van der Waals surface area contributed by atoms with Gasteiger partial charge in [0.15, 0.2) is 0 Å². The summed E-state index contributed by atoms with van der Waals surface area (Å²) in [6.45, 7) is 4.37. The molecule has 6 heteroatoms. The molecule has 0 aliphatic heterocycles. The van der Waals surface area contributed by atoms with Gasteiger partial charge in [-0.3, -0.25) is 0 Å². The van der Waals surface area contributed by atoms with Crippen LogP contribution in [-0.4, -0.2) is 29.4 Å². The van der Waals surface area contributed by atoms with Gasteiger partial charge in [0.1, 0.15) is 0 Å². The zero-order valence-electron chi connectivity index (χ0n) is 19.7. The second kappa shape index (κ2) is 22.1. The number of unbranched alkanes of at least 4 members (excludes halogenated alkanes) is 12. The Bertz CT molecular complexity index is 429. The largest absolute Gasteiger partial charge is 1.00 e.